The normalized spacial score (nSPS) is 11.8. The van der Waals surface area contributed by atoms with Crippen molar-refractivity contribution in [3.05, 3.63) is 11.9 Å². The van der Waals surface area contributed by atoms with Crippen molar-refractivity contribution < 1.29 is 4.79 Å². The van der Waals surface area contributed by atoms with Crippen LogP contribution in [0.15, 0.2) is 6.07 Å². The maximum absolute atomic E-state index is 11.5. The van der Waals surface area contributed by atoms with E-state index in [4.69, 9.17) is 0 Å². The molecular weight excluding hydrogens is 242 g/mol. The summed E-state index contributed by atoms with van der Waals surface area (Å²) in [6.07, 6.45) is 0. The lowest BCUT2D eigenvalue weighted by molar-refractivity contribution is -0.123. The van der Waals surface area contributed by atoms with Gasteiger partial charge in [-0.05, 0) is 13.8 Å². The van der Waals surface area contributed by atoms with E-state index in [1.807, 2.05) is 38.8 Å². The Balaban J connectivity index is 2.81. The fourth-order valence-electron chi connectivity index (χ4n) is 1.85. The molecule has 19 heavy (non-hydrogen) atoms. The number of carbonyl (C=O) groups is 1. The Kier molecular flexibility index (Phi) is 5.54. The average molecular weight is 265 g/mol. The summed E-state index contributed by atoms with van der Waals surface area (Å²) in [5.74, 6) is 2.29. The third-order valence-corrected chi connectivity index (χ3v) is 2.82. The van der Waals surface area contributed by atoms with E-state index in [1.54, 1.807) is 7.05 Å². The van der Waals surface area contributed by atoms with Gasteiger partial charge in [0.2, 0.25) is 5.91 Å². The number of nitrogens with zero attached hydrogens (tertiary/aromatic N) is 3. The fraction of sp³-hybridized carbons (Fsp3) is 0.615. The van der Waals surface area contributed by atoms with Gasteiger partial charge in [-0.2, -0.15) is 0 Å². The number of hydrogen-bond acceptors (Lipinski definition) is 5. The first-order chi connectivity index (χ1) is 8.97. The van der Waals surface area contributed by atoms with Crippen molar-refractivity contribution in [2.45, 2.75) is 20.8 Å². The quantitative estimate of drug-likeness (QED) is 0.804. The standard InChI is InChI=1S/C13H23N5O/c1-6-15-11-7-12(17-10(3)16-11)18(5)8-9(2)13(19)14-4/h7,9H,6,8H2,1-5H3,(H,14,19)(H,15,16,17). The van der Waals surface area contributed by atoms with Crippen LogP contribution in [0.5, 0.6) is 0 Å². The van der Waals surface area contributed by atoms with Crippen LogP contribution in [0.4, 0.5) is 11.6 Å². The third-order valence-electron chi connectivity index (χ3n) is 2.82. The van der Waals surface area contributed by atoms with Crippen molar-refractivity contribution in [2.75, 3.05) is 37.4 Å². The number of amides is 1. The van der Waals surface area contributed by atoms with Crippen LogP contribution < -0.4 is 15.5 Å². The van der Waals surface area contributed by atoms with Crippen molar-refractivity contribution in [1.82, 2.24) is 15.3 Å². The van der Waals surface area contributed by atoms with Crippen LogP contribution in [0, 0.1) is 12.8 Å². The van der Waals surface area contributed by atoms with E-state index in [2.05, 4.69) is 20.6 Å². The molecule has 0 radical (unpaired) electrons. The number of aryl methyl sites for hydroxylation is 1. The fourth-order valence-corrected chi connectivity index (χ4v) is 1.85. The van der Waals surface area contributed by atoms with Gasteiger partial charge in [0.1, 0.15) is 17.5 Å². The predicted molar refractivity (Wildman–Crippen MR) is 77.4 cm³/mol. The minimum atomic E-state index is -0.0899. The highest BCUT2D eigenvalue weighted by Gasteiger charge is 2.15. The largest absolute Gasteiger partial charge is 0.370 e. The van der Waals surface area contributed by atoms with E-state index in [-0.39, 0.29) is 11.8 Å². The molecule has 0 saturated carbocycles. The maximum Gasteiger partial charge on any atom is 0.224 e. The first-order valence-electron chi connectivity index (χ1n) is 6.50. The molecule has 1 rings (SSSR count). The van der Waals surface area contributed by atoms with E-state index in [0.29, 0.717) is 12.4 Å². The first-order valence-corrected chi connectivity index (χ1v) is 6.50. The van der Waals surface area contributed by atoms with Crippen LogP contribution in [0.1, 0.15) is 19.7 Å². The van der Waals surface area contributed by atoms with Gasteiger partial charge < -0.3 is 15.5 Å². The minimum absolute atomic E-state index is 0.0320. The first kappa shape index (κ1) is 15.2. The molecule has 1 amide bonds. The number of rotatable bonds is 6. The van der Waals surface area contributed by atoms with Crippen molar-refractivity contribution in [2.24, 2.45) is 5.92 Å². The van der Waals surface area contributed by atoms with Crippen molar-refractivity contribution in [3.63, 3.8) is 0 Å². The van der Waals surface area contributed by atoms with Crippen LogP contribution in [0.3, 0.4) is 0 Å². The average Bonchev–Trinajstić information content (AvgIpc) is 2.37. The van der Waals surface area contributed by atoms with Gasteiger partial charge >= 0.3 is 0 Å². The summed E-state index contributed by atoms with van der Waals surface area (Å²) in [4.78, 5) is 22.2. The summed E-state index contributed by atoms with van der Waals surface area (Å²) in [6.45, 7) is 7.21. The zero-order valence-corrected chi connectivity index (χ0v) is 12.3. The zero-order chi connectivity index (χ0) is 14.4. The van der Waals surface area contributed by atoms with Crippen molar-refractivity contribution >= 4 is 17.5 Å². The van der Waals surface area contributed by atoms with Gasteiger partial charge in [0.05, 0.1) is 5.92 Å². The molecular formula is C13H23N5O. The maximum atomic E-state index is 11.5. The monoisotopic (exact) mass is 265 g/mol. The molecule has 1 heterocycles. The zero-order valence-electron chi connectivity index (χ0n) is 12.3. The molecule has 2 N–H and O–H groups in total. The highest BCUT2D eigenvalue weighted by atomic mass is 16.1. The Bertz CT molecular complexity index is 435. The number of anilines is 2. The second kappa shape index (κ2) is 6.92. The van der Waals surface area contributed by atoms with Gasteiger partial charge in [-0.3, -0.25) is 4.79 Å². The molecule has 6 heteroatoms. The molecule has 0 bridgehead atoms. The molecule has 0 fully saturated rings. The van der Waals surface area contributed by atoms with Crippen molar-refractivity contribution in [3.8, 4) is 0 Å². The number of nitrogens with one attached hydrogen (secondary N) is 2. The van der Waals surface area contributed by atoms with Crippen LogP contribution in [-0.4, -0.2) is 43.1 Å². The molecule has 0 aliphatic heterocycles. The molecule has 0 aliphatic carbocycles. The summed E-state index contributed by atoms with van der Waals surface area (Å²) in [5, 5.41) is 5.83. The van der Waals surface area contributed by atoms with Crippen molar-refractivity contribution in [1.29, 1.82) is 0 Å². The Morgan fingerprint density at radius 1 is 1.47 bits per heavy atom. The smallest absolute Gasteiger partial charge is 0.224 e. The molecule has 0 aliphatic rings. The summed E-state index contributed by atoms with van der Waals surface area (Å²) in [6, 6.07) is 1.90. The van der Waals surface area contributed by atoms with Crippen LogP contribution in [-0.2, 0) is 4.79 Å². The number of hydrogen-bond donors (Lipinski definition) is 2. The van der Waals surface area contributed by atoms with E-state index < -0.39 is 0 Å². The Hall–Kier alpha value is -1.85. The van der Waals surface area contributed by atoms with E-state index >= 15 is 0 Å². The van der Waals surface area contributed by atoms with Gasteiger partial charge in [0, 0.05) is 33.3 Å². The molecule has 6 nitrogen and oxygen atoms in total. The lowest BCUT2D eigenvalue weighted by atomic mass is 10.1. The summed E-state index contributed by atoms with van der Waals surface area (Å²) in [5.41, 5.74) is 0. The molecule has 1 unspecified atom stereocenters. The Morgan fingerprint density at radius 3 is 2.74 bits per heavy atom. The Labute approximate surface area is 114 Å². The topological polar surface area (TPSA) is 70.2 Å². The summed E-state index contributed by atoms with van der Waals surface area (Å²) in [7, 11) is 3.58. The number of aromatic nitrogens is 2. The molecule has 0 saturated heterocycles. The highest BCUT2D eigenvalue weighted by Crippen LogP contribution is 2.15. The van der Waals surface area contributed by atoms with Gasteiger partial charge in [0.25, 0.3) is 0 Å². The highest BCUT2D eigenvalue weighted by molar-refractivity contribution is 5.78. The van der Waals surface area contributed by atoms with E-state index in [0.717, 1.165) is 18.2 Å². The van der Waals surface area contributed by atoms with Crippen LogP contribution >= 0.6 is 0 Å². The van der Waals surface area contributed by atoms with E-state index in [1.165, 1.54) is 0 Å². The second-order valence-electron chi connectivity index (χ2n) is 4.58. The van der Waals surface area contributed by atoms with Gasteiger partial charge in [0.15, 0.2) is 0 Å². The second-order valence-corrected chi connectivity index (χ2v) is 4.58. The summed E-state index contributed by atoms with van der Waals surface area (Å²) < 4.78 is 0. The third kappa shape index (κ3) is 4.39. The molecule has 1 atom stereocenters. The molecule has 1 aromatic heterocycles. The van der Waals surface area contributed by atoms with Crippen LogP contribution in [0.2, 0.25) is 0 Å². The lowest BCUT2D eigenvalue weighted by Crippen LogP contribution is -2.34. The van der Waals surface area contributed by atoms with Gasteiger partial charge in [-0.25, -0.2) is 9.97 Å². The van der Waals surface area contributed by atoms with E-state index in [9.17, 15) is 4.79 Å². The predicted octanol–water partition coefficient (Wildman–Crippen LogP) is 1.04. The molecule has 1 aromatic rings. The lowest BCUT2D eigenvalue weighted by Gasteiger charge is -2.22. The number of carbonyl (C=O) groups excluding carboxylic acids is 1. The SMILES string of the molecule is CCNc1cc(N(C)CC(C)C(=O)NC)nc(C)n1. The molecule has 0 spiro atoms. The molecule has 0 aromatic carbocycles. The van der Waals surface area contributed by atoms with Gasteiger partial charge in [-0.15, -0.1) is 0 Å². The van der Waals surface area contributed by atoms with Crippen LogP contribution in [0.25, 0.3) is 0 Å². The summed E-state index contributed by atoms with van der Waals surface area (Å²) >= 11 is 0. The van der Waals surface area contributed by atoms with Gasteiger partial charge in [-0.1, -0.05) is 6.92 Å². The minimum Gasteiger partial charge on any atom is -0.370 e. The molecule has 106 valence electrons. The Morgan fingerprint density at radius 2 is 2.16 bits per heavy atom.